The molecule has 0 spiro atoms. The summed E-state index contributed by atoms with van der Waals surface area (Å²) in [5, 5.41) is 5.53. The van der Waals surface area contributed by atoms with Crippen molar-refractivity contribution in [3.8, 4) is 16.5 Å². The van der Waals surface area contributed by atoms with Gasteiger partial charge >= 0.3 is 0 Å². The Morgan fingerprint density at radius 1 is 1.27 bits per heavy atom. The number of halogens is 1. The monoisotopic (exact) mass is 539 g/mol. The average molecular weight is 540 g/mol. The van der Waals surface area contributed by atoms with E-state index in [-0.39, 0.29) is 32.7 Å². The Labute approximate surface area is 227 Å². The maximum absolute atomic E-state index is 14.8. The van der Waals surface area contributed by atoms with Crippen LogP contribution in [0.1, 0.15) is 26.6 Å². The van der Waals surface area contributed by atoms with E-state index >= 15 is 0 Å². The van der Waals surface area contributed by atoms with E-state index in [4.69, 9.17) is 17.0 Å². The largest absolute Gasteiger partial charge is 0.485 e. The van der Waals surface area contributed by atoms with Crippen LogP contribution in [0.2, 0.25) is 0 Å². The number of benzene rings is 2. The van der Waals surface area contributed by atoms with Crippen LogP contribution in [0.5, 0.6) is 5.75 Å². The number of nitrogens with zero attached hydrogens (tertiary/aromatic N) is 3. The lowest BCUT2D eigenvalue weighted by molar-refractivity contribution is -0.119. The summed E-state index contributed by atoms with van der Waals surface area (Å²) in [5.74, 6) is 0.119. The van der Waals surface area contributed by atoms with Crippen molar-refractivity contribution in [1.29, 1.82) is 0 Å². The van der Waals surface area contributed by atoms with Crippen LogP contribution in [0.25, 0.3) is 10.7 Å². The molecule has 0 aliphatic rings. The molecule has 0 radical (unpaired) electrons. The van der Waals surface area contributed by atoms with Gasteiger partial charge in [-0.3, -0.25) is 9.79 Å². The summed E-state index contributed by atoms with van der Waals surface area (Å²) in [6, 6.07) is 15.7. The third kappa shape index (κ3) is 7.08. The Morgan fingerprint density at radius 2 is 2.08 bits per heavy atom. The number of aryl methyl sites for hydroxylation is 1. The molecule has 2 aromatic heterocycles. The highest BCUT2D eigenvalue weighted by Crippen LogP contribution is 2.36. The molecule has 4 rings (SSSR count). The molecule has 0 saturated heterocycles. The van der Waals surface area contributed by atoms with Crippen LogP contribution in [0, 0.1) is 5.82 Å². The number of anilines is 1. The Hall–Kier alpha value is -3.89. The molecule has 0 aliphatic carbocycles. The van der Waals surface area contributed by atoms with Crippen molar-refractivity contribution in [1.82, 2.24) is 14.9 Å². The minimum atomic E-state index is -0.553. The number of ether oxygens (including phenoxy) is 1. The fraction of sp³-hybridized carbons (Fsp3) is 0.185. The molecular weight excluding hydrogens is 509 g/mol. The molecular formula is C27H30FN5O2S2. The predicted molar refractivity (Wildman–Crippen MR) is 154 cm³/mol. The van der Waals surface area contributed by atoms with Gasteiger partial charge in [0, 0.05) is 40.3 Å². The topological polar surface area (TPSA) is 80.5 Å². The van der Waals surface area contributed by atoms with E-state index in [2.05, 4.69) is 20.6 Å². The molecule has 194 valence electrons. The first kappa shape index (κ1) is 26.2. The fourth-order valence-corrected chi connectivity index (χ4v) is 4.78. The molecule has 2 N–H and O–H groups in total. The summed E-state index contributed by atoms with van der Waals surface area (Å²) < 4.78 is 22.5. The van der Waals surface area contributed by atoms with Crippen molar-refractivity contribution in [3.05, 3.63) is 83.2 Å². The van der Waals surface area contributed by atoms with E-state index in [1.54, 1.807) is 12.3 Å². The number of thiocarbonyl (C=S) groups is 1. The summed E-state index contributed by atoms with van der Waals surface area (Å²) in [5.41, 5.74) is 2.05. The lowest BCUT2D eigenvalue weighted by atomic mass is 10.1. The zero-order valence-electron chi connectivity index (χ0n) is 20.4. The van der Waals surface area contributed by atoms with Crippen LogP contribution >= 0.6 is 23.6 Å². The summed E-state index contributed by atoms with van der Waals surface area (Å²) >= 11 is 6.71. The predicted octanol–water partition coefficient (Wildman–Crippen LogP) is 6.53. The standard InChI is InChI=1S/C27H26FN5O2S2.2H2/c1-3-11-29-21-16-23(26-30-12-13-33(26)2)37-24(21)17-35-22-10-9-19(15-20(22)28)31-27(36)32-25(34)14-18-7-5-4-6-8-18;;/h4-13,15-16H,3,14,17H2,1-2H3,(H2,31,32,34,36);2*1H. The van der Waals surface area contributed by atoms with Crippen LogP contribution in [0.3, 0.4) is 0 Å². The lowest BCUT2D eigenvalue weighted by Gasteiger charge is -2.12. The minimum absolute atomic E-state index is 0. The zero-order chi connectivity index (χ0) is 26.2. The first-order chi connectivity index (χ1) is 17.9. The highest BCUT2D eigenvalue weighted by Gasteiger charge is 2.15. The van der Waals surface area contributed by atoms with Gasteiger partial charge in [-0.1, -0.05) is 37.3 Å². The van der Waals surface area contributed by atoms with Crippen molar-refractivity contribution in [2.75, 3.05) is 5.32 Å². The van der Waals surface area contributed by atoms with E-state index in [1.165, 1.54) is 23.5 Å². The van der Waals surface area contributed by atoms with Gasteiger partial charge < -0.3 is 19.9 Å². The molecule has 0 fully saturated rings. The summed E-state index contributed by atoms with van der Waals surface area (Å²) in [6.45, 7) is 2.17. The SMILES string of the molecule is CCC=Nc1cc(-c2nccn2C)sc1COc1ccc(NC(=S)NC(=O)Cc2ccccc2)cc1F.[HH].[HH]. The van der Waals surface area contributed by atoms with Gasteiger partial charge in [0.25, 0.3) is 0 Å². The Morgan fingerprint density at radius 3 is 2.78 bits per heavy atom. The fourth-order valence-electron chi connectivity index (χ4n) is 3.49. The van der Waals surface area contributed by atoms with Gasteiger partial charge in [0.05, 0.1) is 21.9 Å². The van der Waals surface area contributed by atoms with Crippen molar-refractivity contribution in [2.24, 2.45) is 12.0 Å². The van der Waals surface area contributed by atoms with Gasteiger partial charge in [0.2, 0.25) is 5.91 Å². The second kappa shape index (κ2) is 12.4. The summed E-state index contributed by atoms with van der Waals surface area (Å²) in [6.07, 6.45) is 6.44. The number of carbonyl (C=O) groups excluding carboxylic acids is 1. The smallest absolute Gasteiger partial charge is 0.230 e. The maximum atomic E-state index is 14.8. The van der Waals surface area contributed by atoms with E-state index in [0.29, 0.717) is 5.69 Å². The van der Waals surface area contributed by atoms with Crippen LogP contribution < -0.4 is 15.4 Å². The second-order valence-corrected chi connectivity index (χ2v) is 9.64. The number of amides is 1. The van der Waals surface area contributed by atoms with Crippen LogP contribution in [-0.2, 0) is 24.9 Å². The number of nitrogens with one attached hydrogen (secondary N) is 2. The van der Waals surface area contributed by atoms with E-state index in [9.17, 15) is 9.18 Å². The van der Waals surface area contributed by atoms with Gasteiger partial charge in [-0.15, -0.1) is 11.3 Å². The molecule has 1 amide bonds. The van der Waals surface area contributed by atoms with Gasteiger partial charge in [-0.2, -0.15) is 0 Å². The number of aliphatic imine (C=N–C) groups is 1. The van der Waals surface area contributed by atoms with Crippen LogP contribution in [0.4, 0.5) is 15.8 Å². The number of carbonyl (C=O) groups is 1. The van der Waals surface area contributed by atoms with Crippen molar-refractivity contribution < 1.29 is 16.8 Å². The van der Waals surface area contributed by atoms with Gasteiger partial charge in [-0.25, -0.2) is 9.37 Å². The van der Waals surface area contributed by atoms with Crippen LogP contribution in [0.15, 0.2) is 72.0 Å². The van der Waals surface area contributed by atoms with Crippen molar-refractivity contribution in [2.45, 2.75) is 26.4 Å². The molecule has 37 heavy (non-hydrogen) atoms. The minimum Gasteiger partial charge on any atom is -0.485 e. The molecule has 2 aromatic carbocycles. The maximum Gasteiger partial charge on any atom is 0.230 e. The highest BCUT2D eigenvalue weighted by molar-refractivity contribution is 7.80. The zero-order valence-corrected chi connectivity index (χ0v) is 22.0. The van der Waals surface area contributed by atoms with Crippen LogP contribution in [-0.4, -0.2) is 26.8 Å². The Kier molecular flexibility index (Phi) is 8.76. The third-order valence-corrected chi connectivity index (χ3v) is 6.55. The van der Waals surface area contributed by atoms with E-state index in [0.717, 1.165) is 33.3 Å². The molecule has 0 saturated carbocycles. The summed E-state index contributed by atoms with van der Waals surface area (Å²) in [7, 11) is 1.93. The lowest BCUT2D eigenvalue weighted by Crippen LogP contribution is -2.35. The number of aromatic nitrogens is 2. The molecule has 0 bridgehead atoms. The number of hydrogen-bond donors (Lipinski definition) is 2. The first-order valence-electron chi connectivity index (χ1n) is 11.6. The number of thiophene rings is 1. The van der Waals surface area contributed by atoms with Gasteiger partial charge in [0.15, 0.2) is 16.7 Å². The average Bonchev–Trinajstić information content (AvgIpc) is 3.48. The second-order valence-electron chi connectivity index (χ2n) is 8.10. The molecule has 10 heteroatoms. The molecule has 4 aromatic rings. The van der Waals surface area contributed by atoms with Gasteiger partial charge in [-0.05, 0) is 42.4 Å². The van der Waals surface area contributed by atoms with Gasteiger partial charge in [0.1, 0.15) is 12.4 Å². The van der Waals surface area contributed by atoms with Crippen molar-refractivity contribution in [3.63, 3.8) is 0 Å². The molecule has 0 unspecified atom stereocenters. The normalized spacial score (nSPS) is 11.0. The van der Waals surface area contributed by atoms with E-state index < -0.39 is 5.82 Å². The number of hydrogen-bond acceptors (Lipinski definition) is 6. The Balaban J connectivity index is 0.00000267. The summed E-state index contributed by atoms with van der Waals surface area (Å²) in [4.78, 5) is 23.0. The Bertz CT molecular complexity index is 1430. The number of imidazole rings is 1. The molecule has 0 atom stereocenters. The quantitative estimate of drug-likeness (QED) is 0.187. The van der Waals surface area contributed by atoms with Crippen molar-refractivity contribution >= 4 is 52.2 Å². The molecule has 7 nitrogen and oxygen atoms in total. The molecule has 2 heterocycles. The first-order valence-corrected chi connectivity index (χ1v) is 12.9. The number of rotatable bonds is 9. The molecule has 0 aliphatic heterocycles. The third-order valence-electron chi connectivity index (χ3n) is 5.25. The highest BCUT2D eigenvalue weighted by atomic mass is 32.1. The van der Waals surface area contributed by atoms with E-state index in [1.807, 2.05) is 67.3 Å².